The molecule has 2 aromatic rings. The Hall–Kier alpha value is -1.69. The van der Waals surface area contributed by atoms with Gasteiger partial charge in [0, 0.05) is 12.6 Å². The Kier molecular flexibility index (Phi) is 3.21. The fourth-order valence-corrected chi connectivity index (χ4v) is 1.91. The Morgan fingerprint density at radius 3 is 2.44 bits per heavy atom. The van der Waals surface area contributed by atoms with Gasteiger partial charge in [0.25, 0.3) is 0 Å². The zero-order valence-electron chi connectivity index (χ0n) is 10.1. The largest absolute Gasteiger partial charge is 0.504 e. The molecule has 0 fully saturated rings. The highest BCUT2D eigenvalue weighted by Crippen LogP contribution is 2.34. The minimum absolute atomic E-state index is 0.0210. The number of hydrogen-bond acceptors (Lipinski definition) is 1. The minimum atomic E-state index is -1.66. The summed E-state index contributed by atoms with van der Waals surface area (Å²) in [4.78, 5) is 3.70. The first kappa shape index (κ1) is 12.8. The average molecular weight is 259 g/mol. The molecule has 0 aliphatic heterocycles. The molecule has 0 aliphatic carbocycles. The third kappa shape index (κ3) is 1.92. The first-order valence-electron chi connectivity index (χ1n) is 5.58. The fraction of sp³-hybridized carbons (Fsp3) is 0.333. The number of fused-ring (bicyclic) bond motifs is 1. The number of aromatic nitrogens is 1. The van der Waals surface area contributed by atoms with Gasteiger partial charge in [-0.05, 0) is 5.56 Å². The van der Waals surface area contributed by atoms with Crippen LogP contribution in [0.4, 0.5) is 13.2 Å². The van der Waals surface area contributed by atoms with E-state index in [0.717, 1.165) is 11.4 Å². The second kappa shape index (κ2) is 4.53. The number of phenolic OH excluding ortho intramolecular Hbond substituents is 1. The van der Waals surface area contributed by atoms with Crippen molar-refractivity contribution in [2.24, 2.45) is 0 Å². The summed E-state index contributed by atoms with van der Waals surface area (Å²) in [6, 6.07) is 0. The Labute approximate surface area is 102 Å². The van der Waals surface area contributed by atoms with E-state index in [2.05, 4.69) is 4.98 Å². The number of likely N-dealkylation sites (N-methyl/N-ethyl adjacent to an activating group) is 1. The SMILES string of the molecule is C[NH+](C)CCc1c[nH]c2c(F)c(F)c(F)c(O)c12. The molecule has 0 aliphatic rings. The maximum Gasteiger partial charge on any atom is 0.204 e. The number of H-pyrrole nitrogens is 1. The molecule has 1 aromatic carbocycles. The van der Waals surface area contributed by atoms with Crippen molar-refractivity contribution in [3.05, 3.63) is 29.2 Å². The second-order valence-corrected chi connectivity index (χ2v) is 4.56. The van der Waals surface area contributed by atoms with Crippen molar-refractivity contribution in [2.45, 2.75) is 6.42 Å². The maximum atomic E-state index is 13.5. The standard InChI is InChI=1S/C12H13F3N2O/c1-17(2)4-3-6-5-16-11-7(6)12(18)10(15)8(13)9(11)14/h5,16,18H,3-4H2,1-2H3/p+1. The highest BCUT2D eigenvalue weighted by molar-refractivity contribution is 5.89. The van der Waals surface area contributed by atoms with Crippen LogP contribution in [0.1, 0.15) is 5.56 Å². The lowest BCUT2D eigenvalue weighted by atomic mass is 10.1. The van der Waals surface area contributed by atoms with E-state index < -0.39 is 23.2 Å². The van der Waals surface area contributed by atoms with Crippen LogP contribution >= 0.6 is 0 Å². The molecule has 1 aromatic heterocycles. The minimum Gasteiger partial charge on any atom is -0.504 e. The van der Waals surface area contributed by atoms with Crippen LogP contribution in [-0.4, -0.2) is 30.7 Å². The van der Waals surface area contributed by atoms with E-state index in [1.165, 1.54) is 6.20 Å². The molecule has 2 rings (SSSR count). The maximum absolute atomic E-state index is 13.5. The summed E-state index contributed by atoms with van der Waals surface area (Å²) in [7, 11) is 3.88. The van der Waals surface area contributed by atoms with E-state index in [1.807, 2.05) is 14.1 Å². The Morgan fingerprint density at radius 1 is 1.17 bits per heavy atom. The summed E-state index contributed by atoms with van der Waals surface area (Å²) >= 11 is 0. The van der Waals surface area contributed by atoms with Gasteiger partial charge in [-0.3, -0.25) is 0 Å². The molecule has 3 nitrogen and oxygen atoms in total. The van der Waals surface area contributed by atoms with Gasteiger partial charge in [0.15, 0.2) is 17.4 Å². The van der Waals surface area contributed by atoms with E-state index in [1.54, 1.807) is 0 Å². The number of aromatic hydroxyl groups is 1. The topological polar surface area (TPSA) is 40.5 Å². The van der Waals surface area contributed by atoms with Crippen LogP contribution in [0.25, 0.3) is 10.9 Å². The molecule has 18 heavy (non-hydrogen) atoms. The number of benzene rings is 1. The Balaban J connectivity index is 2.58. The van der Waals surface area contributed by atoms with Crippen molar-refractivity contribution in [3.63, 3.8) is 0 Å². The number of rotatable bonds is 3. The van der Waals surface area contributed by atoms with Crippen LogP contribution in [0.2, 0.25) is 0 Å². The van der Waals surface area contributed by atoms with Gasteiger partial charge in [-0.25, -0.2) is 8.78 Å². The monoisotopic (exact) mass is 259 g/mol. The van der Waals surface area contributed by atoms with Crippen molar-refractivity contribution >= 4 is 10.9 Å². The molecule has 6 heteroatoms. The van der Waals surface area contributed by atoms with Gasteiger partial charge in [-0.1, -0.05) is 0 Å². The molecular formula is C12H14F3N2O+. The summed E-state index contributed by atoms with van der Waals surface area (Å²) in [5.41, 5.74) is 0.372. The van der Waals surface area contributed by atoms with Gasteiger partial charge >= 0.3 is 0 Å². The van der Waals surface area contributed by atoms with Crippen molar-refractivity contribution < 1.29 is 23.2 Å². The zero-order valence-corrected chi connectivity index (χ0v) is 10.1. The van der Waals surface area contributed by atoms with Crippen molar-refractivity contribution in [3.8, 4) is 5.75 Å². The Morgan fingerprint density at radius 2 is 1.83 bits per heavy atom. The number of nitrogens with one attached hydrogen (secondary N) is 2. The highest BCUT2D eigenvalue weighted by Gasteiger charge is 2.23. The molecule has 98 valence electrons. The summed E-state index contributed by atoms with van der Waals surface area (Å²) < 4.78 is 39.9. The van der Waals surface area contributed by atoms with E-state index in [-0.39, 0.29) is 10.9 Å². The van der Waals surface area contributed by atoms with Crippen molar-refractivity contribution in [1.82, 2.24) is 4.98 Å². The number of quaternary nitrogens is 1. The first-order valence-corrected chi connectivity index (χ1v) is 5.58. The molecule has 0 saturated carbocycles. The quantitative estimate of drug-likeness (QED) is 0.707. The van der Waals surface area contributed by atoms with Crippen LogP contribution < -0.4 is 4.90 Å². The summed E-state index contributed by atoms with van der Waals surface area (Å²) in [6.07, 6.45) is 2.00. The molecule has 3 N–H and O–H groups in total. The van der Waals surface area contributed by atoms with Crippen molar-refractivity contribution in [2.75, 3.05) is 20.6 Å². The van der Waals surface area contributed by atoms with E-state index >= 15 is 0 Å². The number of halogens is 3. The van der Waals surface area contributed by atoms with Gasteiger partial charge in [0.2, 0.25) is 5.82 Å². The number of hydrogen-bond donors (Lipinski definition) is 3. The van der Waals surface area contributed by atoms with Gasteiger partial charge < -0.3 is 15.0 Å². The summed E-state index contributed by atoms with van der Waals surface area (Å²) in [5.74, 6) is -5.35. The molecule has 0 amide bonds. The first-order chi connectivity index (χ1) is 8.43. The fourth-order valence-electron chi connectivity index (χ4n) is 1.91. The normalized spacial score (nSPS) is 11.7. The molecular weight excluding hydrogens is 245 g/mol. The smallest absolute Gasteiger partial charge is 0.204 e. The Bertz CT molecular complexity index is 593. The van der Waals surface area contributed by atoms with Crippen LogP contribution in [-0.2, 0) is 6.42 Å². The lowest BCUT2D eigenvalue weighted by Gasteiger charge is -2.07. The van der Waals surface area contributed by atoms with Crippen LogP contribution in [0, 0.1) is 17.5 Å². The van der Waals surface area contributed by atoms with E-state index in [9.17, 15) is 18.3 Å². The summed E-state index contributed by atoms with van der Waals surface area (Å²) in [5, 5.41) is 9.61. The predicted molar refractivity (Wildman–Crippen MR) is 61.2 cm³/mol. The van der Waals surface area contributed by atoms with Gasteiger partial charge in [-0.15, -0.1) is 0 Å². The van der Waals surface area contributed by atoms with Crippen LogP contribution in [0.15, 0.2) is 6.20 Å². The molecule has 0 atom stereocenters. The lowest BCUT2D eigenvalue weighted by Crippen LogP contribution is -3.05. The molecule has 0 spiro atoms. The van der Waals surface area contributed by atoms with Crippen molar-refractivity contribution in [1.29, 1.82) is 0 Å². The molecule has 0 bridgehead atoms. The third-order valence-electron chi connectivity index (χ3n) is 2.91. The van der Waals surface area contributed by atoms with Crippen LogP contribution in [0.3, 0.4) is 0 Å². The average Bonchev–Trinajstić information content (AvgIpc) is 2.75. The zero-order chi connectivity index (χ0) is 13.4. The van der Waals surface area contributed by atoms with Gasteiger partial charge in [0.05, 0.1) is 31.5 Å². The van der Waals surface area contributed by atoms with Gasteiger partial charge in [-0.2, -0.15) is 4.39 Å². The highest BCUT2D eigenvalue weighted by atomic mass is 19.2. The molecule has 0 radical (unpaired) electrons. The third-order valence-corrected chi connectivity index (χ3v) is 2.91. The predicted octanol–water partition coefficient (Wildman–Crippen LogP) is 0.978. The van der Waals surface area contributed by atoms with E-state index in [0.29, 0.717) is 12.0 Å². The summed E-state index contributed by atoms with van der Waals surface area (Å²) in [6.45, 7) is 0.729. The lowest BCUT2D eigenvalue weighted by molar-refractivity contribution is -0.858. The van der Waals surface area contributed by atoms with Gasteiger partial charge in [0.1, 0.15) is 0 Å². The molecule has 1 heterocycles. The molecule has 0 unspecified atom stereocenters. The van der Waals surface area contributed by atoms with Crippen LogP contribution in [0.5, 0.6) is 5.75 Å². The number of phenols is 1. The second-order valence-electron chi connectivity index (χ2n) is 4.56. The number of aromatic amines is 1. The van der Waals surface area contributed by atoms with E-state index in [4.69, 9.17) is 0 Å². The molecule has 0 saturated heterocycles.